The van der Waals surface area contributed by atoms with Crippen LogP contribution in [0, 0.1) is 11.8 Å². The molecule has 14 heavy (non-hydrogen) atoms. The standard InChI is InChI=1S/C10H21O3P/c1-4-5-6-8(2)7-9(3)10-12-14(11)13-10/h8-11H,4-7H2,1-3H3. The molecule has 1 heterocycles. The molecule has 84 valence electrons. The van der Waals surface area contributed by atoms with Crippen LogP contribution in [-0.2, 0) is 9.05 Å². The third-order valence-corrected chi connectivity index (χ3v) is 3.45. The lowest BCUT2D eigenvalue weighted by Crippen LogP contribution is -2.30. The van der Waals surface area contributed by atoms with Crippen LogP contribution in [0.2, 0.25) is 0 Å². The summed E-state index contributed by atoms with van der Waals surface area (Å²) in [4.78, 5) is 8.86. The first-order valence-electron chi connectivity index (χ1n) is 5.46. The lowest BCUT2D eigenvalue weighted by Gasteiger charge is -2.35. The second kappa shape index (κ2) is 6.02. The molecule has 0 aromatic heterocycles. The van der Waals surface area contributed by atoms with Gasteiger partial charge in [-0.15, -0.1) is 0 Å². The summed E-state index contributed by atoms with van der Waals surface area (Å²) in [6.07, 6.45) is 4.80. The predicted octanol–water partition coefficient (Wildman–Crippen LogP) is 3.43. The van der Waals surface area contributed by atoms with Gasteiger partial charge in [-0.25, -0.2) is 0 Å². The lowest BCUT2D eigenvalue weighted by atomic mass is 9.93. The van der Waals surface area contributed by atoms with Crippen LogP contribution in [0.5, 0.6) is 0 Å². The van der Waals surface area contributed by atoms with Crippen molar-refractivity contribution in [1.29, 1.82) is 0 Å². The van der Waals surface area contributed by atoms with Gasteiger partial charge in [-0.05, 0) is 12.3 Å². The van der Waals surface area contributed by atoms with E-state index in [0.717, 1.165) is 12.3 Å². The van der Waals surface area contributed by atoms with E-state index in [1.54, 1.807) is 0 Å². The van der Waals surface area contributed by atoms with Gasteiger partial charge in [-0.1, -0.05) is 40.0 Å². The molecule has 0 aromatic carbocycles. The molecule has 1 aliphatic heterocycles. The summed E-state index contributed by atoms with van der Waals surface area (Å²) in [6, 6.07) is 0. The number of unbranched alkanes of at least 4 members (excludes halogenated alkanes) is 1. The Bertz CT molecular complexity index is 159. The van der Waals surface area contributed by atoms with Gasteiger partial charge < -0.3 is 4.89 Å². The highest BCUT2D eigenvalue weighted by molar-refractivity contribution is 7.41. The zero-order valence-corrected chi connectivity index (χ0v) is 10.2. The molecule has 4 heteroatoms. The van der Waals surface area contributed by atoms with E-state index in [0.29, 0.717) is 5.92 Å². The summed E-state index contributed by atoms with van der Waals surface area (Å²) in [6.45, 7) is 6.61. The topological polar surface area (TPSA) is 38.7 Å². The van der Waals surface area contributed by atoms with Gasteiger partial charge in [0.2, 0.25) is 0 Å². The molecule has 3 nitrogen and oxygen atoms in total. The Morgan fingerprint density at radius 2 is 2.00 bits per heavy atom. The van der Waals surface area contributed by atoms with Crippen molar-refractivity contribution in [3.05, 3.63) is 0 Å². The zero-order chi connectivity index (χ0) is 10.6. The van der Waals surface area contributed by atoms with E-state index in [1.807, 2.05) is 0 Å². The maximum absolute atomic E-state index is 8.86. The van der Waals surface area contributed by atoms with Crippen molar-refractivity contribution in [2.45, 2.75) is 52.7 Å². The second-order valence-electron chi connectivity index (χ2n) is 4.28. The minimum Gasteiger partial charge on any atom is -0.328 e. The fourth-order valence-electron chi connectivity index (χ4n) is 1.81. The van der Waals surface area contributed by atoms with Crippen molar-refractivity contribution in [1.82, 2.24) is 0 Å². The summed E-state index contributed by atoms with van der Waals surface area (Å²) in [5.41, 5.74) is 0. The minimum absolute atomic E-state index is 0.157. The molecule has 1 saturated heterocycles. The van der Waals surface area contributed by atoms with Crippen LogP contribution >= 0.6 is 8.60 Å². The van der Waals surface area contributed by atoms with Crippen LogP contribution in [-0.4, -0.2) is 11.2 Å². The summed E-state index contributed by atoms with van der Waals surface area (Å²) in [5, 5.41) is 0. The van der Waals surface area contributed by atoms with Gasteiger partial charge in [0.25, 0.3) is 0 Å². The summed E-state index contributed by atoms with van der Waals surface area (Å²) in [5.74, 6) is 1.12. The first-order valence-corrected chi connectivity index (χ1v) is 6.59. The molecule has 1 N–H and O–H groups in total. The Balaban J connectivity index is 2.10. The molecular weight excluding hydrogens is 199 g/mol. The van der Waals surface area contributed by atoms with Gasteiger partial charge in [0, 0.05) is 5.92 Å². The molecule has 0 aliphatic carbocycles. The Kier molecular flexibility index (Phi) is 5.32. The van der Waals surface area contributed by atoms with E-state index >= 15 is 0 Å². The number of rotatable bonds is 6. The minimum atomic E-state index is -1.53. The van der Waals surface area contributed by atoms with E-state index in [-0.39, 0.29) is 6.29 Å². The molecule has 2 unspecified atom stereocenters. The fraction of sp³-hybridized carbons (Fsp3) is 1.00. The van der Waals surface area contributed by atoms with Gasteiger partial charge in [-0.2, -0.15) is 0 Å². The molecule has 0 spiro atoms. The molecule has 0 bridgehead atoms. The molecule has 0 saturated carbocycles. The maximum Gasteiger partial charge on any atom is 0.334 e. The molecule has 1 rings (SSSR count). The van der Waals surface area contributed by atoms with Crippen LogP contribution in [0.1, 0.15) is 46.5 Å². The molecule has 0 amide bonds. The van der Waals surface area contributed by atoms with Crippen molar-refractivity contribution >= 4 is 8.60 Å². The predicted molar refractivity (Wildman–Crippen MR) is 57.6 cm³/mol. The fourth-order valence-corrected chi connectivity index (χ4v) is 2.60. The van der Waals surface area contributed by atoms with E-state index in [1.165, 1.54) is 19.3 Å². The summed E-state index contributed by atoms with van der Waals surface area (Å²) < 4.78 is 10.2. The van der Waals surface area contributed by atoms with Gasteiger partial charge >= 0.3 is 8.60 Å². The monoisotopic (exact) mass is 220 g/mol. The Morgan fingerprint density at radius 3 is 2.50 bits per heavy atom. The second-order valence-corrected chi connectivity index (χ2v) is 5.17. The summed E-state index contributed by atoms with van der Waals surface area (Å²) in [7, 11) is -1.53. The smallest absolute Gasteiger partial charge is 0.328 e. The van der Waals surface area contributed by atoms with Crippen LogP contribution in [0.15, 0.2) is 0 Å². The van der Waals surface area contributed by atoms with Gasteiger partial charge in [0.15, 0.2) is 6.29 Å². The normalized spacial score (nSPS) is 30.9. The Morgan fingerprint density at radius 1 is 1.36 bits per heavy atom. The van der Waals surface area contributed by atoms with Crippen molar-refractivity contribution in [2.24, 2.45) is 11.8 Å². The first kappa shape index (κ1) is 12.4. The highest BCUT2D eigenvalue weighted by Crippen LogP contribution is 2.50. The zero-order valence-electron chi connectivity index (χ0n) is 9.27. The lowest BCUT2D eigenvalue weighted by molar-refractivity contribution is -0.128. The highest BCUT2D eigenvalue weighted by Gasteiger charge is 2.35. The molecule has 1 aliphatic rings. The van der Waals surface area contributed by atoms with Gasteiger partial charge in [-0.3, -0.25) is 9.05 Å². The van der Waals surface area contributed by atoms with Crippen molar-refractivity contribution < 1.29 is 13.9 Å². The number of hydrogen-bond donors (Lipinski definition) is 1. The average molecular weight is 220 g/mol. The molecular formula is C10H21O3P. The largest absolute Gasteiger partial charge is 0.334 e. The molecule has 1 fully saturated rings. The number of hydrogen-bond acceptors (Lipinski definition) is 3. The van der Waals surface area contributed by atoms with Crippen LogP contribution in [0.4, 0.5) is 0 Å². The third kappa shape index (κ3) is 3.82. The van der Waals surface area contributed by atoms with Crippen LogP contribution in [0.3, 0.4) is 0 Å². The highest BCUT2D eigenvalue weighted by atomic mass is 31.2. The van der Waals surface area contributed by atoms with E-state index in [2.05, 4.69) is 20.8 Å². The van der Waals surface area contributed by atoms with E-state index < -0.39 is 8.60 Å². The van der Waals surface area contributed by atoms with Crippen molar-refractivity contribution in [3.8, 4) is 0 Å². The van der Waals surface area contributed by atoms with Gasteiger partial charge in [0.05, 0.1) is 0 Å². The van der Waals surface area contributed by atoms with E-state index in [4.69, 9.17) is 13.9 Å². The average Bonchev–Trinajstić information content (AvgIpc) is 2.09. The van der Waals surface area contributed by atoms with Crippen molar-refractivity contribution in [2.75, 3.05) is 0 Å². The van der Waals surface area contributed by atoms with Gasteiger partial charge in [0.1, 0.15) is 0 Å². The molecule has 2 atom stereocenters. The van der Waals surface area contributed by atoms with Crippen LogP contribution in [0.25, 0.3) is 0 Å². The Labute approximate surface area is 87.8 Å². The first-order chi connectivity index (χ1) is 6.63. The molecule has 0 radical (unpaired) electrons. The third-order valence-electron chi connectivity index (χ3n) is 2.68. The van der Waals surface area contributed by atoms with E-state index in [9.17, 15) is 0 Å². The molecule has 0 aromatic rings. The van der Waals surface area contributed by atoms with Crippen LogP contribution < -0.4 is 0 Å². The quantitative estimate of drug-likeness (QED) is 0.697. The SMILES string of the molecule is CCCCC(C)CC(C)C1OP(O)O1. The summed E-state index contributed by atoms with van der Waals surface area (Å²) >= 11 is 0. The Hall–Kier alpha value is 0.310. The maximum atomic E-state index is 8.86. The van der Waals surface area contributed by atoms with Crippen molar-refractivity contribution in [3.63, 3.8) is 0 Å².